The summed E-state index contributed by atoms with van der Waals surface area (Å²) < 4.78 is 7.69. The lowest BCUT2D eigenvalue weighted by atomic mass is 9.98. The molecule has 0 unspecified atom stereocenters. The first-order valence-electron chi connectivity index (χ1n) is 7.24. The van der Waals surface area contributed by atoms with Crippen molar-refractivity contribution < 1.29 is 9.53 Å². The maximum absolute atomic E-state index is 11.4. The second-order valence-electron chi connectivity index (χ2n) is 5.39. The molecule has 2 atom stereocenters. The number of nitrogens with two attached hydrogens (primary N) is 1. The number of carbonyl (C=O) groups is 1. The third kappa shape index (κ3) is 2.80. The molecule has 0 bridgehead atoms. The highest BCUT2D eigenvalue weighted by atomic mass is 16.5. The lowest BCUT2D eigenvalue weighted by Crippen LogP contribution is -2.21. The summed E-state index contributed by atoms with van der Waals surface area (Å²) >= 11 is 0. The first kappa shape index (κ1) is 14.5. The Morgan fingerprint density at radius 2 is 2.36 bits per heavy atom. The van der Waals surface area contributed by atoms with Crippen LogP contribution < -0.4 is 11.1 Å². The van der Waals surface area contributed by atoms with E-state index < -0.39 is 5.91 Å². The summed E-state index contributed by atoms with van der Waals surface area (Å²) in [5, 5.41) is 7.50. The van der Waals surface area contributed by atoms with Crippen molar-refractivity contribution in [1.82, 2.24) is 14.8 Å². The van der Waals surface area contributed by atoms with E-state index in [1.807, 2.05) is 17.8 Å². The van der Waals surface area contributed by atoms with Gasteiger partial charge in [-0.25, -0.2) is 0 Å². The summed E-state index contributed by atoms with van der Waals surface area (Å²) in [4.78, 5) is 15.4. The molecule has 0 saturated carbocycles. The Hall–Kier alpha value is -2.41. The van der Waals surface area contributed by atoms with E-state index in [1.165, 1.54) is 6.20 Å². The molecule has 3 rings (SSSR count). The minimum atomic E-state index is -0.485. The van der Waals surface area contributed by atoms with Crippen molar-refractivity contribution in [3.63, 3.8) is 0 Å². The second-order valence-corrected chi connectivity index (χ2v) is 5.39. The SMILES string of the molecule is Cn1nccc1[C@@H]1OCC[C@H]1CNc1ccncc1C(N)=O. The van der Waals surface area contributed by atoms with Gasteiger partial charge in [0.05, 0.1) is 16.9 Å². The van der Waals surface area contributed by atoms with Crippen LogP contribution in [0.1, 0.15) is 28.6 Å². The van der Waals surface area contributed by atoms with Crippen LogP contribution in [0.5, 0.6) is 0 Å². The molecule has 7 heteroatoms. The van der Waals surface area contributed by atoms with Crippen molar-refractivity contribution in [2.75, 3.05) is 18.5 Å². The Morgan fingerprint density at radius 1 is 1.50 bits per heavy atom. The highest BCUT2D eigenvalue weighted by Gasteiger charge is 2.31. The standard InChI is InChI=1S/C15H19N5O2/c1-20-13(3-6-19-20)14-10(4-7-22-14)8-18-12-2-5-17-9-11(12)15(16)21/h2-3,5-6,9-10,14H,4,7-8H2,1H3,(H2,16,21)(H,17,18)/t10-,14+/m0/s1. The molecule has 0 aromatic carbocycles. The molecule has 1 fully saturated rings. The molecule has 116 valence electrons. The van der Waals surface area contributed by atoms with E-state index in [-0.39, 0.29) is 6.10 Å². The normalized spacial score (nSPS) is 21.0. The number of nitrogens with one attached hydrogen (secondary N) is 1. The van der Waals surface area contributed by atoms with Crippen molar-refractivity contribution >= 4 is 11.6 Å². The van der Waals surface area contributed by atoms with Crippen molar-refractivity contribution in [1.29, 1.82) is 0 Å². The van der Waals surface area contributed by atoms with E-state index in [0.717, 1.165) is 18.7 Å². The van der Waals surface area contributed by atoms with Crippen molar-refractivity contribution in [3.05, 3.63) is 42.0 Å². The van der Waals surface area contributed by atoms with Crippen LogP contribution in [0.15, 0.2) is 30.7 Å². The second kappa shape index (κ2) is 6.15. The van der Waals surface area contributed by atoms with Gasteiger partial charge in [-0.1, -0.05) is 0 Å². The Bertz CT molecular complexity index is 669. The van der Waals surface area contributed by atoms with Gasteiger partial charge in [0, 0.05) is 44.7 Å². The molecule has 1 amide bonds. The molecule has 3 heterocycles. The average molecular weight is 301 g/mol. The summed E-state index contributed by atoms with van der Waals surface area (Å²) in [5.41, 5.74) is 7.54. The van der Waals surface area contributed by atoms with Crippen LogP contribution in [0, 0.1) is 5.92 Å². The third-order valence-corrected chi connectivity index (χ3v) is 4.01. The zero-order chi connectivity index (χ0) is 15.5. The maximum atomic E-state index is 11.4. The Balaban J connectivity index is 1.71. The van der Waals surface area contributed by atoms with E-state index in [2.05, 4.69) is 15.4 Å². The predicted molar refractivity (Wildman–Crippen MR) is 81.3 cm³/mol. The van der Waals surface area contributed by atoms with E-state index >= 15 is 0 Å². The number of aryl methyl sites for hydroxylation is 1. The predicted octanol–water partition coefficient (Wildman–Crippen LogP) is 1.10. The number of hydrogen-bond donors (Lipinski definition) is 2. The van der Waals surface area contributed by atoms with Crippen LogP contribution in [0.3, 0.4) is 0 Å². The molecule has 1 aliphatic rings. The van der Waals surface area contributed by atoms with Gasteiger partial charge < -0.3 is 15.8 Å². The van der Waals surface area contributed by atoms with E-state index in [0.29, 0.717) is 23.7 Å². The van der Waals surface area contributed by atoms with Gasteiger partial charge in [-0.05, 0) is 18.6 Å². The number of aromatic nitrogens is 3. The molecule has 1 saturated heterocycles. The minimum absolute atomic E-state index is 0.0128. The monoisotopic (exact) mass is 301 g/mol. The number of rotatable bonds is 5. The number of anilines is 1. The summed E-state index contributed by atoms with van der Waals surface area (Å²) in [6.45, 7) is 1.42. The fourth-order valence-electron chi connectivity index (χ4n) is 2.82. The fraction of sp³-hybridized carbons (Fsp3) is 0.400. The van der Waals surface area contributed by atoms with Crippen LogP contribution in [-0.2, 0) is 11.8 Å². The quantitative estimate of drug-likeness (QED) is 0.862. The molecule has 0 radical (unpaired) electrons. The van der Waals surface area contributed by atoms with Crippen LogP contribution in [0.2, 0.25) is 0 Å². The van der Waals surface area contributed by atoms with Crippen LogP contribution in [0.25, 0.3) is 0 Å². The van der Waals surface area contributed by atoms with E-state index in [9.17, 15) is 4.79 Å². The van der Waals surface area contributed by atoms with E-state index in [4.69, 9.17) is 10.5 Å². The molecular weight excluding hydrogens is 282 g/mol. The van der Waals surface area contributed by atoms with Gasteiger partial charge in [-0.3, -0.25) is 14.5 Å². The van der Waals surface area contributed by atoms with Gasteiger partial charge in [0.2, 0.25) is 0 Å². The first-order valence-corrected chi connectivity index (χ1v) is 7.24. The molecule has 1 aliphatic heterocycles. The summed E-state index contributed by atoms with van der Waals surface area (Å²) in [7, 11) is 1.91. The number of amides is 1. The molecule has 22 heavy (non-hydrogen) atoms. The Labute approximate surface area is 128 Å². The number of hydrogen-bond acceptors (Lipinski definition) is 5. The topological polar surface area (TPSA) is 95.1 Å². The van der Waals surface area contributed by atoms with Gasteiger partial charge in [-0.2, -0.15) is 5.10 Å². The number of ether oxygens (including phenoxy) is 1. The molecule has 2 aromatic heterocycles. The molecule has 0 aliphatic carbocycles. The van der Waals surface area contributed by atoms with Gasteiger partial charge in [0.25, 0.3) is 5.91 Å². The van der Waals surface area contributed by atoms with Crippen molar-refractivity contribution in [3.8, 4) is 0 Å². The zero-order valence-corrected chi connectivity index (χ0v) is 12.4. The van der Waals surface area contributed by atoms with Gasteiger partial charge in [-0.15, -0.1) is 0 Å². The molecule has 7 nitrogen and oxygen atoms in total. The summed E-state index contributed by atoms with van der Waals surface area (Å²) in [6, 6.07) is 3.74. The lowest BCUT2D eigenvalue weighted by Gasteiger charge is -2.20. The Kier molecular flexibility index (Phi) is 4.06. The van der Waals surface area contributed by atoms with Crippen molar-refractivity contribution in [2.24, 2.45) is 18.7 Å². The highest BCUT2D eigenvalue weighted by Crippen LogP contribution is 2.34. The number of pyridine rings is 1. The molecule has 3 N–H and O–H groups in total. The maximum Gasteiger partial charge on any atom is 0.252 e. The molecule has 2 aromatic rings. The van der Waals surface area contributed by atoms with Gasteiger partial charge in [0.1, 0.15) is 6.10 Å². The van der Waals surface area contributed by atoms with Crippen molar-refractivity contribution in [2.45, 2.75) is 12.5 Å². The van der Waals surface area contributed by atoms with Gasteiger partial charge in [0.15, 0.2) is 0 Å². The first-order chi connectivity index (χ1) is 10.7. The largest absolute Gasteiger partial charge is 0.384 e. The van der Waals surface area contributed by atoms with Gasteiger partial charge >= 0.3 is 0 Å². The van der Waals surface area contributed by atoms with E-state index in [1.54, 1.807) is 18.5 Å². The smallest absolute Gasteiger partial charge is 0.252 e. The number of primary amides is 1. The van der Waals surface area contributed by atoms with Crippen LogP contribution in [-0.4, -0.2) is 33.8 Å². The summed E-state index contributed by atoms with van der Waals surface area (Å²) in [5.74, 6) is -0.175. The van der Waals surface area contributed by atoms with Crippen LogP contribution in [0.4, 0.5) is 5.69 Å². The molecular formula is C15H19N5O2. The average Bonchev–Trinajstić information content (AvgIpc) is 3.13. The van der Waals surface area contributed by atoms with Crippen LogP contribution >= 0.6 is 0 Å². The third-order valence-electron chi connectivity index (χ3n) is 4.01. The number of carbonyl (C=O) groups excluding carboxylic acids is 1. The fourth-order valence-corrected chi connectivity index (χ4v) is 2.82. The molecule has 0 spiro atoms. The zero-order valence-electron chi connectivity index (χ0n) is 12.4. The Morgan fingerprint density at radius 3 is 3.09 bits per heavy atom. The number of nitrogens with zero attached hydrogens (tertiary/aromatic N) is 3. The highest BCUT2D eigenvalue weighted by molar-refractivity contribution is 5.98. The summed E-state index contributed by atoms with van der Waals surface area (Å²) in [6.07, 6.45) is 5.86. The lowest BCUT2D eigenvalue weighted by molar-refractivity contribution is 0.0866. The minimum Gasteiger partial charge on any atom is -0.384 e.